The Morgan fingerprint density at radius 3 is 2.17 bits per heavy atom. The fraction of sp³-hybridized carbons (Fsp3) is 0.455. The summed E-state index contributed by atoms with van der Waals surface area (Å²) in [5, 5.41) is 0.514. The van der Waals surface area contributed by atoms with E-state index in [1.807, 2.05) is 0 Å². The summed E-state index contributed by atoms with van der Waals surface area (Å²) in [6.45, 7) is -0.377. The molecule has 1 aliphatic heterocycles. The van der Waals surface area contributed by atoms with Crippen LogP contribution in [0.25, 0.3) is 0 Å². The van der Waals surface area contributed by atoms with Gasteiger partial charge < -0.3 is 4.74 Å². The van der Waals surface area contributed by atoms with Crippen LogP contribution in [0.15, 0.2) is 36.4 Å². The van der Waals surface area contributed by atoms with Crippen molar-refractivity contribution >= 4 is 35.2 Å². The first-order valence-corrected chi connectivity index (χ1v) is 10.3. The van der Waals surface area contributed by atoms with Gasteiger partial charge in [-0.25, -0.2) is 0 Å². The number of nitrogens with zero attached hydrogens (tertiary/aromatic N) is 1. The van der Waals surface area contributed by atoms with Crippen LogP contribution in [0.5, 0.6) is 0 Å². The lowest BCUT2D eigenvalue weighted by molar-refractivity contribution is -0.145. The molecule has 1 saturated heterocycles. The highest BCUT2D eigenvalue weighted by atomic mass is 35.5. The van der Waals surface area contributed by atoms with Gasteiger partial charge in [-0.1, -0.05) is 23.8 Å². The molecule has 0 spiro atoms. The van der Waals surface area contributed by atoms with Crippen LogP contribution in [-0.4, -0.2) is 41.6 Å². The predicted octanol–water partition coefficient (Wildman–Crippen LogP) is 2.51. The minimum atomic E-state index is -0.605. The number of Topliss-reactive ketones (excluding diaryl/α,β-unsaturated/α-hetero) is 1. The summed E-state index contributed by atoms with van der Waals surface area (Å²) in [5.41, 5.74) is 0.401. The smallest absolute Gasteiger partial charge is 0.308 e. The van der Waals surface area contributed by atoms with Gasteiger partial charge in [-0.2, -0.15) is 0 Å². The van der Waals surface area contributed by atoms with Gasteiger partial charge in [0.25, 0.3) is 0 Å². The number of carbonyl (C=O) groups excluding carboxylic acids is 4. The molecule has 0 N–H and O–H groups in total. The molecule has 0 radical (unpaired) electrons. The second-order valence-corrected chi connectivity index (χ2v) is 8.76. The second-order valence-electron chi connectivity index (χ2n) is 8.32. The Bertz CT molecular complexity index is 903. The van der Waals surface area contributed by atoms with E-state index in [1.165, 1.54) is 4.90 Å². The van der Waals surface area contributed by atoms with Gasteiger partial charge in [0, 0.05) is 17.1 Å². The van der Waals surface area contributed by atoms with Gasteiger partial charge in [-0.05, 0) is 54.4 Å². The lowest BCUT2D eigenvalue weighted by Crippen LogP contribution is -2.40. The molecule has 2 saturated carbocycles. The average Bonchev–Trinajstić information content (AvgIpc) is 3.50. The standard InChI is InChI=1S/C22H20ClNO5/c23-12-3-1-11(2-4-12)17(25)10-29-18(26)7-8-24-21(27)19-13-5-6-14(16-9-15(13)16)20(19)22(24)28/h1-6,13-16,19-20H,7-10H2/t13-,14-,15-,16-,19-,20-/m1/s1. The molecule has 1 aromatic rings. The molecular formula is C22H20ClNO5. The zero-order valence-electron chi connectivity index (χ0n) is 15.6. The normalized spacial score (nSPS) is 33.5. The maximum Gasteiger partial charge on any atom is 0.308 e. The number of hydrogen-bond acceptors (Lipinski definition) is 5. The van der Waals surface area contributed by atoms with Gasteiger partial charge >= 0.3 is 5.97 Å². The highest BCUT2D eigenvalue weighted by Gasteiger charge is 2.66. The number of esters is 1. The third-order valence-electron chi connectivity index (χ3n) is 6.82. The first-order chi connectivity index (χ1) is 14.0. The topological polar surface area (TPSA) is 80.8 Å². The number of carbonyl (C=O) groups is 4. The van der Waals surface area contributed by atoms with Crippen molar-refractivity contribution in [3.63, 3.8) is 0 Å². The van der Waals surface area contributed by atoms with Crippen LogP contribution in [0.1, 0.15) is 23.2 Å². The van der Waals surface area contributed by atoms with E-state index >= 15 is 0 Å². The first kappa shape index (κ1) is 18.6. The van der Waals surface area contributed by atoms with Gasteiger partial charge in [0.15, 0.2) is 12.4 Å². The number of imide groups is 1. The molecule has 1 heterocycles. The fourth-order valence-electron chi connectivity index (χ4n) is 5.38. The number of ketones is 1. The van der Waals surface area contributed by atoms with Crippen molar-refractivity contribution in [3.05, 3.63) is 47.0 Å². The largest absolute Gasteiger partial charge is 0.457 e. The minimum Gasteiger partial charge on any atom is -0.457 e. The van der Waals surface area contributed by atoms with Gasteiger partial charge in [-0.3, -0.25) is 24.1 Å². The van der Waals surface area contributed by atoms with Crippen LogP contribution in [-0.2, 0) is 19.1 Å². The lowest BCUT2D eigenvalue weighted by Gasteiger charge is -2.37. The third-order valence-corrected chi connectivity index (χ3v) is 7.08. The molecule has 4 aliphatic carbocycles. The Labute approximate surface area is 172 Å². The number of allylic oxidation sites excluding steroid dienone is 2. The highest BCUT2D eigenvalue weighted by Crippen LogP contribution is 2.65. The average molecular weight is 414 g/mol. The number of halogens is 1. The predicted molar refractivity (Wildman–Crippen MR) is 103 cm³/mol. The maximum atomic E-state index is 12.8. The van der Waals surface area contributed by atoms with E-state index < -0.39 is 5.97 Å². The van der Waals surface area contributed by atoms with Gasteiger partial charge in [-0.15, -0.1) is 0 Å². The van der Waals surface area contributed by atoms with Crippen LogP contribution < -0.4 is 0 Å². The molecule has 29 heavy (non-hydrogen) atoms. The van der Waals surface area contributed by atoms with Gasteiger partial charge in [0.2, 0.25) is 11.8 Å². The second kappa shape index (κ2) is 6.80. The molecule has 1 aromatic carbocycles. The monoisotopic (exact) mass is 413 g/mol. The summed E-state index contributed by atoms with van der Waals surface area (Å²) < 4.78 is 5.03. The van der Waals surface area contributed by atoms with Crippen molar-refractivity contribution in [1.29, 1.82) is 0 Å². The van der Waals surface area contributed by atoms with E-state index in [2.05, 4.69) is 12.2 Å². The molecule has 3 fully saturated rings. The van der Waals surface area contributed by atoms with Crippen LogP contribution in [0, 0.1) is 35.5 Å². The summed E-state index contributed by atoms with van der Waals surface area (Å²) in [6, 6.07) is 6.31. The highest BCUT2D eigenvalue weighted by molar-refractivity contribution is 6.30. The maximum absolute atomic E-state index is 12.8. The molecule has 2 amide bonds. The summed E-state index contributed by atoms with van der Waals surface area (Å²) in [4.78, 5) is 51.1. The van der Waals surface area contributed by atoms with Gasteiger partial charge in [0.05, 0.1) is 18.3 Å². The van der Waals surface area contributed by atoms with E-state index in [0.29, 0.717) is 22.4 Å². The molecule has 6 atom stereocenters. The van der Waals surface area contributed by atoms with E-state index in [9.17, 15) is 19.2 Å². The molecule has 5 aliphatic rings. The minimum absolute atomic E-state index is 0.00735. The Kier molecular flexibility index (Phi) is 4.35. The fourth-order valence-corrected chi connectivity index (χ4v) is 5.51. The van der Waals surface area contributed by atoms with Crippen LogP contribution >= 0.6 is 11.6 Å². The Morgan fingerprint density at radius 1 is 1.00 bits per heavy atom. The molecule has 150 valence electrons. The quantitative estimate of drug-likeness (QED) is 0.310. The van der Waals surface area contributed by atoms with Crippen LogP contribution in [0.4, 0.5) is 0 Å². The van der Waals surface area contributed by atoms with Crippen molar-refractivity contribution in [2.45, 2.75) is 12.8 Å². The van der Waals surface area contributed by atoms with E-state index in [0.717, 1.165) is 6.42 Å². The number of rotatable bonds is 6. The van der Waals surface area contributed by atoms with Crippen LogP contribution in [0.2, 0.25) is 5.02 Å². The van der Waals surface area contributed by atoms with Crippen LogP contribution in [0.3, 0.4) is 0 Å². The van der Waals surface area contributed by atoms with E-state index in [-0.39, 0.29) is 60.8 Å². The van der Waals surface area contributed by atoms with Crippen molar-refractivity contribution < 1.29 is 23.9 Å². The summed E-state index contributed by atoms with van der Waals surface area (Å²) in [5.74, 6) is -0.348. The SMILES string of the molecule is O=C(CCN1C(=O)[C@@H]2[C@@H]3C=C[C@H]([C@H]4C[C@H]34)[C@H]2C1=O)OCC(=O)c1ccc(Cl)cc1. The Hall–Kier alpha value is -2.47. The van der Waals surface area contributed by atoms with Gasteiger partial charge in [0.1, 0.15) is 0 Å². The zero-order chi connectivity index (χ0) is 20.3. The zero-order valence-corrected chi connectivity index (χ0v) is 16.4. The first-order valence-electron chi connectivity index (χ1n) is 9.93. The number of hydrogen-bond donors (Lipinski definition) is 0. The summed E-state index contributed by atoms with van der Waals surface area (Å²) in [7, 11) is 0. The molecule has 0 aromatic heterocycles. The Morgan fingerprint density at radius 2 is 1.59 bits per heavy atom. The third kappa shape index (κ3) is 3.01. The number of amides is 2. The summed E-state index contributed by atoms with van der Waals surface area (Å²) >= 11 is 5.79. The number of ether oxygens (including phenoxy) is 1. The lowest BCUT2D eigenvalue weighted by atomic mass is 9.63. The Balaban J connectivity index is 1.15. The van der Waals surface area contributed by atoms with Crippen molar-refractivity contribution in [2.75, 3.05) is 13.2 Å². The van der Waals surface area contributed by atoms with E-state index in [1.54, 1.807) is 24.3 Å². The molecule has 7 heteroatoms. The van der Waals surface area contributed by atoms with E-state index in [4.69, 9.17) is 16.3 Å². The number of benzene rings is 1. The summed E-state index contributed by atoms with van der Waals surface area (Å²) in [6.07, 6.45) is 5.24. The molecule has 6 nitrogen and oxygen atoms in total. The molecule has 6 rings (SSSR count). The molecule has 0 unspecified atom stereocenters. The van der Waals surface area contributed by atoms with Crippen molar-refractivity contribution in [3.8, 4) is 0 Å². The molecule has 2 bridgehead atoms. The van der Waals surface area contributed by atoms with Crippen molar-refractivity contribution in [1.82, 2.24) is 4.90 Å². The van der Waals surface area contributed by atoms with Crippen molar-refractivity contribution in [2.24, 2.45) is 35.5 Å². The molecular weight excluding hydrogens is 394 g/mol. The number of likely N-dealkylation sites (tertiary alicyclic amines) is 1.